The lowest BCUT2D eigenvalue weighted by Crippen LogP contribution is -2.41. The van der Waals surface area contributed by atoms with Gasteiger partial charge in [0.05, 0.1) is 6.04 Å². The number of carbonyl (C=O) groups excluding carboxylic acids is 1. The Balaban J connectivity index is 1.49. The third-order valence-corrected chi connectivity index (χ3v) is 5.51. The number of nitrogens with zero attached hydrogens (tertiary/aromatic N) is 2. The molecule has 6 heteroatoms. The van der Waals surface area contributed by atoms with Crippen molar-refractivity contribution in [1.82, 2.24) is 15.3 Å². The van der Waals surface area contributed by atoms with Gasteiger partial charge in [-0.3, -0.25) is 15.1 Å². The first kappa shape index (κ1) is 19.9. The number of nitrogens with one attached hydrogen (secondary N) is 2. The smallest absolute Gasteiger partial charge is 0.241 e. The van der Waals surface area contributed by atoms with Gasteiger partial charge in [0.2, 0.25) is 5.91 Å². The van der Waals surface area contributed by atoms with Crippen LogP contribution >= 0.6 is 11.3 Å². The van der Waals surface area contributed by atoms with Crippen LogP contribution in [0.4, 0.5) is 5.69 Å². The van der Waals surface area contributed by atoms with E-state index in [2.05, 4.69) is 20.6 Å². The summed E-state index contributed by atoms with van der Waals surface area (Å²) in [5.74, 6) is -0.0673. The molecule has 0 bridgehead atoms. The quantitative estimate of drug-likeness (QED) is 0.444. The van der Waals surface area contributed by atoms with E-state index in [1.54, 1.807) is 29.9 Å². The zero-order valence-electron chi connectivity index (χ0n) is 16.4. The molecule has 2 aromatic carbocycles. The van der Waals surface area contributed by atoms with Crippen molar-refractivity contribution >= 4 is 22.9 Å². The van der Waals surface area contributed by atoms with Gasteiger partial charge in [-0.15, -0.1) is 11.3 Å². The standard InChI is InChI=1S/C24H22N4OS/c29-24(28-21-8-4-7-20(16-21)19-9-11-25-12-10-19)22(15-18-5-2-1-3-6-18)27-17-23-26-13-14-30-23/h1-14,16,22,27H,15,17H2,(H,28,29)/t22-/m1/s1. The molecule has 0 saturated heterocycles. The Morgan fingerprint density at radius 1 is 0.933 bits per heavy atom. The maximum absolute atomic E-state index is 13.1. The molecule has 0 aliphatic heterocycles. The summed E-state index contributed by atoms with van der Waals surface area (Å²) in [5, 5.41) is 9.33. The molecule has 0 saturated carbocycles. The van der Waals surface area contributed by atoms with Crippen LogP contribution in [0, 0.1) is 0 Å². The van der Waals surface area contributed by atoms with Crippen molar-refractivity contribution in [3.05, 3.63) is 101 Å². The summed E-state index contributed by atoms with van der Waals surface area (Å²) in [7, 11) is 0. The molecule has 2 heterocycles. The van der Waals surface area contributed by atoms with Gasteiger partial charge in [0.25, 0.3) is 0 Å². The highest BCUT2D eigenvalue weighted by Crippen LogP contribution is 2.22. The first-order chi connectivity index (χ1) is 14.8. The Bertz CT molecular complexity index is 1070. The summed E-state index contributed by atoms with van der Waals surface area (Å²) in [6.45, 7) is 0.555. The zero-order valence-corrected chi connectivity index (χ0v) is 17.2. The Morgan fingerprint density at radius 3 is 2.53 bits per heavy atom. The molecule has 150 valence electrons. The number of pyridine rings is 1. The van der Waals surface area contributed by atoms with E-state index < -0.39 is 0 Å². The Labute approximate surface area is 179 Å². The SMILES string of the molecule is O=C(Nc1cccc(-c2ccncc2)c1)[C@@H](Cc1ccccc1)NCc1nccs1. The van der Waals surface area contributed by atoms with Crippen molar-refractivity contribution in [2.45, 2.75) is 19.0 Å². The average Bonchev–Trinajstić information content (AvgIpc) is 3.32. The van der Waals surface area contributed by atoms with Crippen LogP contribution in [0.25, 0.3) is 11.1 Å². The number of thiazole rings is 1. The Hall–Kier alpha value is -3.35. The Morgan fingerprint density at radius 2 is 1.77 bits per heavy atom. The van der Waals surface area contributed by atoms with Gasteiger partial charge in [0.15, 0.2) is 0 Å². The third-order valence-electron chi connectivity index (χ3n) is 4.73. The van der Waals surface area contributed by atoms with Gasteiger partial charge in [0, 0.05) is 36.2 Å². The monoisotopic (exact) mass is 414 g/mol. The largest absolute Gasteiger partial charge is 0.325 e. The molecule has 0 fully saturated rings. The van der Waals surface area contributed by atoms with Gasteiger partial charge in [-0.2, -0.15) is 0 Å². The highest BCUT2D eigenvalue weighted by molar-refractivity contribution is 7.09. The highest BCUT2D eigenvalue weighted by atomic mass is 32.1. The molecule has 5 nitrogen and oxygen atoms in total. The number of anilines is 1. The predicted molar refractivity (Wildman–Crippen MR) is 121 cm³/mol. The number of hydrogen-bond donors (Lipinski definition) is 2. The Kier molecular flexibility index (Phi) is 6.59. The molecule has 1 amide bonds. The lowest BCUT2D eigenvalue weighted by Gasteiger charge is -2.18. The van der Waals surface area contributed by atoms with E-state index in [1.807, 2.05) is 72.1 Å². The maximum atomic E-state index is 13.1. The number of benzene rings is 2. The molecule has 2 aromatic heterocycles. The van der Waals surface area contributed by atoms with E-state index in [-0.39, 0.29) is 11.9 Å². The zero-order chi connectivity index (χ0) is 20.6. The summed E-state index contributed by atoms with van der Waals surface area (Å²) >= 11 is 1.58. The second kappa shape index (κ2) is 9.91. The number of rotatable bonds is 8. The van der Waals surface area contributed by atoms with Crippen LogP contribution in [-0.4, -0.2) is 21.9 Å². The van der Waals surface area contributed by atoms with Gasteiger partial charge in [-0.1, -0.05) is 42.5 Å². The van der Waals surface area contributed by atoms with E-state index in [1.165, 1.54) is 0 Å². The first-order valence-corrected chi connectivity index (χ1v) is 10.6. The van der Waals surface area contributed by atoms with Crippen molar-refractivity contribution < 1.29 is 4.79 Å². The van der Waals surface area contributed by atoms with Gasteiger partial charge in [-0.05, 0) is 47.4 Å². The van der Waals surface area contributed by atoms with Gasteiger partial charge >= 0.3 is 0 Å². The van der Waals surface area contributed by atoms with E-state index in [0.717, 1.165) is 27.4 Å². The minimum absolute atomic E-state index is 0.0673. The van der Waals surface area contributed by atoms with Gasteiger partial charge in [0.1, 0.15) is 5.01 Å². The third kappa shape index (κ3) is 5.37. The van der Waals surface area contributed by atoms with Crippen molar-refractivity contribution in [2.75, 3.05) is 5.32 Å². The number of aromatic nitrogens is 2. The molecular weight excluding hydrogens is 392 g/mol. The van der Waals surface area contributed by atoms with Gasteiger partial charge in [-0.25, -0.2) is 4.98 Å². The van der Waals surface area contributed by atoms with Crippen LogP contribution in [0.3, 0.4) is 0 Å². The predicted octanol–water partition coefficient (Wildman–Crippen LogP) is 4.54. The van der Waals surface area contributed by atoms with E-state index in [0.29, 0.717) is 13.0 Å². The van der Waals surface area contributed by atoms with Crippen molar-refractivity contribution in [3.63, 3.8) is 0 Å². The second-order valence-corrected chi connectivity index (χ2v) is 7.83. The molecule has 4 aromatic rings. The molecule has 0 aliphatic carbocycles. The molecule has 0 unspecified atom stereocenters. The number of carbonyl (C=O) groups is 1. The fourth-order valence-electron chi connectivity index (χ4n) is 3.21. The van der Waals surface area contributed by atoms with Crippen molar-refractivity contribution in [2.24, 2.45) is 0 Å². The molecular formula is C24H22N4OS. The molecule has 0 radical (unpaired) electrons. The van der Waals surface area contributed by atoms with Crippen LogP contribution in [0.15, 0.2) is 90.7 Å². The summed E-state index contributed by atoms with van der Waals surface area (Å²) in [5.41, 5.74) is 3.97. The molecule has 2 N–H and O–H groups in total. The van der Waals surface area contributed by atoms with E-state index in [9.17, 15) is 4.79 Å². The van der Waals surface area contributed by atoms with Crippen molar-refractivity contribution in [1.29, 1.82) is 0 Å². The van der Waals surface area contributed by atoms with Crippen molar-refractivity contribution in [3.8, 4) is 11.1 Å². The van der Waals surface area contributed by atoms with Crippen LogP contribution in [0.1, 0.15) is 10.6 Å². The minimum atomic E-state index is -0.374. The number of amides is 1. The van der Waals surface area contributed by atoms with Gasteiger partial charge < -0.3 is 5.32 Å². The summed E-state index contributed by atoms with van der Waals surface area (Å²) < 4.78 is 0. The van der Waals surface area contributed by atoms with Crippen LogP contribution in [0.5, 0.6) is 0 Å². The minimum Gasteiger partial charge on any atom is -0.325 e. The van der Waals surface area contributed by atoms with Crippen LogP contribution < -0.4 is 10.6 Å². The maximum Gasteiger partial charge on any atom is 0.241 e. The fraction of sp³-hybridized carbons (Fsp3) is 0.125. The summed E-state index contributed by atoms with van der Waals surface area (Å²) in [6, 6.07) is 21.4. The lowest BCUT2D eigenvalue weighted by molar-refractivity contribution is -0.118. The average molecular weight is 415 g/mol. The highest BCUT2D eigenvalue weighted by Gasteiger charge is 2.19. The first-order valence-electron chi connectivity index (χ1n) is 9.75. The topological polar surface area (TPSA) is 66.9 Å². The molecule has 30 heavy (non-hydrogen) atoms. The second-order valence-electron chi connectivity index (χ2n) is 6.85. The lowest BCUT2D eigenvalue weighted by atomic mass is 10.0. The van der Waals surface area contributed by atoms with E-state index in [4.69, 9.17) is 0 Å². The van der Waals surface area contributed by atoms with Crippen LogP contribution in [-0.2, 0) is 17.8 Å². The molecule has 1 atom stereocenters. The van der Waals surface area contributed by atoms with Crippen LogP contribution in [0.2, 0.25) is 0 Å². The fourth-order valence-corrected chi connectivity index (χ4v) is 3.78. The van der Waals surface area contributed by atoms with E-state index >= 15 is 0 Å². The molecule has 4 rings (SSSR count). The summed E-state index contributed by atoms with van der Waals surface area (Å²) in [4.78, 5) is 21.5. The molecule has 0 aliphatic rings. The number of hydrogen-bond acceptors (Lipinski definition) is 5. The summed E-state index contributed by atoms with van der Waals surface area (Å²) in [6.07, 6.45) is 5.90. The molecule has 0 spiro atoms. The normalized spacial score (nSPS) is 11.7.